The van der Waals surface area contributed by atoms with Gasteiger partial charge < -0.3 is 14.0 Å². The van der Waals surface area contributed by atoms with Crippen molar-refractivity contribution in [2.45, 2.75) is 26.5 Å². The summed E-state index contributed by atoms with van der Waals surface area (Å²) in [4.78, 5) is 17.4. The van der Waals surface area contributed by atoms with Crippen molar-refractivity contribution in [1.29, 1.82) is 0 Å². The SMILES string of the molecule is CC(C)C(Oc1ccc(Br)cc1)c1noc(CN2CCOC2=O)n1. The first kappa shape index (κ1) is 16.8. The Labute approximate surface area is 148 Å². The van der Waals surface area contributed by atoms with Gasteiger partial charge in [0.05, 0.1) is 6.54 Å². The molecule has 0 N–H and O–H groups in total. The summed E-state index contributed by atoms with van der Waals surface area (Å²) >= 11 is 3.40. The molecule has 0 bridgehead atoms. The predicted molar refractivity (Wildman–Crippen MR) is 88.4 cm³/mol. The van der Waals surface area contributed by atoms with Crippen LogP contribution in [-0.2, 0) is 11.3 Å². The second-order valence-electron chi connectivity index (χ2n) is 5.82. The van der Waals surface area contributed by atoms with Crippen LogP contribution in [0.25, 0.3) is 0 Å². The monoisotopic (exact) mass is 395 g/mol. The molecule has 0 aliphatic carbocycles. The number of benzene rings is 1. The molecule has 7 nitrogen and oxygen atoms in total. The molecule has 1 aliphatic rings. The van der Waals surface area contributed by atoms with Gasteiger partial charge in [0.25, 0.3) is 0 Å². The number of hydrogen-bond acceptors (Lipinski definition) is 6. The minimum absolute atomic E-state index is 0.149. The highest BCUT2D eigenvalue weighted by molar-refractivity contribution is 9.10. The first-order valence-corrected chi connectivity index (χ1v) is 8.48. The van der Waals surface area contributed by atoms with E-state index in [0.717, 1.165) is 10.2 Å². The molecule has 1 amide bonds. The van der Waals surface area contributed by atoms with Gasteiger partial charge in [0, 0.05) is 4.47 Å². The maximum Gasteiger partial charge on any atom is 0.410 e. The molecule has 2 heterocycles. The summed E-state index contributed by atoms with van der Waals surface area (Å²) in [6, 6.07) is 7.57. The van der Waals surface area contributed by atoms with Crippen molar-refractivity contribution in [2.24, 2.45) is 5.92 Å². The van der Waals surface area contributed by atoms with Crippen LogP contribution in [0.3, 0.4) is 0 Å². The van der Waals surface area contributed by atoms with Gasteiger partial charge in [-0.1, -0.05) is 34.9 Å². The van der Waals surface area contributed by atoms with Crippen molar-refractivity contribution in [3.05, 3.63) is 40.5 Å². The zero-order valence-corrected chi connectivity index (χ0v) is 15.0. The summed E-state index contributed by atoms with van der Waals surface area (Å²) in [7, 11) is 0. The number of carbonyl (C=O) groups is 1. The van der Waals surface area contributed by atoms with E-state index in [2.05, 4.69) is 26.1 Å². The highest BCUT2D eigenvalue weighted by Gasteiger charge is 2.27. The Hall–Kier alpha value is -2.09. The number of hydrogen-bond donors (Lipinski definition) is 0. The minimum atomic E-state index is -0.360. The van der Waals surface area contributed by atoms with Gasteiger partial charge in [0.2, 0.25) is 11.7 Å². The fourth-order valence-electron chi connectivity index (χ4n) is 2.33. The maximum absolute atomic E-state index is 11.5. The van der Waals surface area contributed by atoms with Crippen molar-refractivity contribution in [1.82, 2.24) is 15.0 Å². The molecule has 1 unspecified atom stereocenters. The lowest BCUT2D eigenvalue weighted by Gasteiger charge is -2.19. The second-order valence-corrected chi connectivity index (χ2v) is 6.73. The van der Waals surface area contributed by atoms with Crippen LogP contribution in [0.5, 0.6) is 5.75 Å². The van der Waals surface area contributed by atoms with Crippen molar-refractivity contribution in [3.8, 4) is 5.75 Å². The lowest BCUT2D eigenvalue weighted by Crippen LogP contribution is -2.23. The standard InChI is InChI=1S/C16H18BrN3O4/c1-10(2)14(23-12-5-3-11(17)4-6-12)15-18-13(24-19-15)9-20-7-8-22-16(20)21/h3-6,10,14H,7-9H2,1-2H3. The Morgan fingerprint density at radius 3 is 2.71 bits per heavy atom. The van der Waals surface area contributed by atoms with Crippen LogP contribution in [0.1, 0.15) is 31.7 Å². The van der Waals surface area contributed by atoms with Crippen LogP contribution in [0.4, 0.5) is 4.79 Å². The van der Waals surface area contributed by atoms with E-state index in [9.17, 15) is 4.79 Å². The highest BCUT2D eigenvalue weighted by atomic mass is 79.9. The third-order valence-electron chi connectivity index (χ3n) is 3.59. The van der Waals surface area contributed by atoms with Crippen LogP contribution in [0, 0.1) is 5.92 Å². The van der Waals surface area contributed by atoms with E-state index in [-0.39, 0.29) is 24.7 Å². The smallest absolute Gasteiger partial charge is 0.410 e. The number of ether oxygens (including phenoxy) is 2. The Morgan fingerprint density at radius 1 is 1.33 bits per heavy atom. The molecule has 0 radical (unpaired) electrons. The second kappa shape index (κ2) is 7.21. The van der Waals surface area contributed by atoms with Crippen molar-refractivity contribution in [3.63, 3.8) is 0 Å². The average molecular weight is 396 g/mol. The third-order valence-corrected chi connectivity index (χ3v) is 4.12. The zero-order valence-electron chi connectivity index (χ0n) is 13.4. The topological polar surface area (TPSA) is 77.7 Å². The van der Waals surface area contributed by atoms with E-state index in [4.69, 9.17) is 14.0 Å². The van der Waals surface area contributed by atoms with Gasteiger partial charge in [-0.05, 0) is 30.2 Å². The molecular weight excluding hydrogens is 378 g/mol. The number of aromatic nitrogens is 2. The summed E-state index contributed by atoms with van der Waals surface area (Å²) in [5, 5.41) is 4.02. The first-order chi connectivity index (χ1) is 11.5. The molecule has 0 saturated carbocycles. The largest absolute Gasteiger partial charge is 0.482 e. The maximum atomic E-state index is 11.5. The highest BCUT2D eigenvalue weighted by Crippen LogP contribution is 2.27. The van der Waals surface area contributed by atoms with Crippen LogP contribution in [0.15, 0.2) is 33.3 Å². The van der Waals surface area contributed by atoms with Gasteiger partial charge >= 0.3 is 6.09 Å². The molecule has 1 saturated heterocycles. The summed E-state index contributed by atoms with van der Waals surface area (Å²) in [5.41, 5.74) is 0. The Morgan fingerprint density at radius 2 is 2.08 bits per heavy atom. The molecule has 3 rings (SSSR count). The average Bonchev–Trinajstić information content (AvgIpc) is 3.17. The molecule has 0 spiro atoms. The van der Waals surface area contributed by atoms with E-state index in [1.165, 1.54) is 4.90 Å². The number of nitrogens with zero attached hydrogens (tertiary/aromatic N) is 3. The number of amides is 1. The van der Waals surface area contributed by atoms with Crippen molar-refractivity contribution >= 4 is 22.0 Å². The Balaban J connectivity index is 1.72. The Kier molecular flexibility index (Phi) is 5.03. The van der Waals surface area contributed by atoms with Gasteiger partial charge in [0.1, 0.15) is 18.9 Å². The number of cyclic esters (lactones) is 1. The molecule has 2 aromatic rings. The van der Waals surface area contributed by atoms with E-state index in [0.29, 0.717) is 24.9 Å². The molecule has 1 aliphatic heterocycles. The van der Waals surface area contributed by atoms with Crippen LogP contribution in [0.2, 0.25) is 0 Å². The van der Waals surface area contributed by atoms with Gasteiger partial charge in [-0.3, -0.25) is 4.90 Å². The Bertz CT molecular complexity index is 702. The molecular formula is C16H18BrN3O4. The van der Waals surface area contributed by atoms with E-state index >= 15 is 0 Å². The molecule has 128 valence electrons. The normalized spacial score (nSPS) is 15.7. The summed E-state index contributed by atoms with van der Waals surface area (Å²) < 4.78 is 17.1. The number of halogens is 1. The van der Waals surface area contributed by atoms with Crippen LogP contribution < -0.4 is 4.74 Å². The van der Waals surface area contributed by atoms with E-state index < -0.39 is 0 Å². The molecule has 1 fully saturated rings. The predicted octanol–water partition coefficient (Wildman–Crippen LogP) is 3.56. The molecule has 1 aromatic heterocycles. The van der Waals surface area contributed by atoms with Crippen LogP contribution in [-0.4, -0.2) is 34.3 Å². The molecule has 1 aromatic carbocycles. The fourth-order valence-corrected chi connectivity index (χ4v) is 2.59. The third kappa shape index (κ3) is 3.87. The quantitative estimate of drug-likeness (QED) is 0.743. The van der Waals surface area contributed by atoms with Gasteiger partial charge in [-0.25, -0.2) is 4.79 Å². The molecule has 24 heavy (non-hydrogen) atoms. The number of rotatable bonds is 6. The van der Waals surface area contributed by atoms with Gasteiger partial charge in [-0.2, -0.15) is 4.98 Å². The lowest BCUT2D eigenvalue weighted by molar-refractivity contribution is 0.140. The minimum Gasteiger partial charge on any atom is -0.482 e. The fraction of sp³-hybridized carbons (Fsp3) is 0.438. The molecule has 8 heteroatoms. The summed E-state index contributed by atoms with van der Waals surface area (Å²) in [6.07, 6.45) is -0.699. The number of carbonyl (C=O) groups excluding carboxylic acids is 1. The van der Waals surface area contributed by atoms with Crippen LogP contribution >= 0.6 is 15.9 Å². The van der Waals surface area contributed by atoms with Gasteiger partial charge in [0.15, 0.2) is 6.10 Å². The molecule has 1 atom stereocenters. The zero-order chi connectivity index (χ0) is 17.1. The van der Waals surface area contributed by atoms with Crippen molar-refractivity contribution < 1.29 is 18.8 Å². The lowest BCUT2D eigenvalue weighted by atomic mass is 10.1. The van der Waals surface area contributed by atoms with E-state index in [1.54, 1.807) is 0 Å². The summed E-state index contributed by atoms with van der Waals surface area (Å²) in [5.74, 6) is 1.71. The van der Waals surface area contributed by atoms with Crippen molar-refractivity contribution in [2.75, 3.05) is 13.2 Å². The summed E-state index contributed by atoms with van der Waals surface area (Å²) in [6.45, 7) is 5.21. The first-order valence-electron chi connectivity index (χ1n) is 7.69. The van der Waals surface area contributed by atoms with Gasteiger partial charge in [-0.15, -0.1) is 0 Å². The van der Waals surface area contributed by atoms with E-state index in [1.807, 2.05) is 38.1 Å².